The number of rotatable bonds is 5. The topological polar surface area (TPSA) is 59.8 Å². The smallest absolute Gasteiger partial charge is 0.247 e. The molecule has 1 atom stereocenters. The van der Waals surface area contributed by atoms with Crippen LogP contribution < -0.4 is 0 Å². The molecule has 0 N–H and O–H groups in total. The van der Waals surface area contributed by atoms with Crippen molar-refractivity contribution in [3.8, 4) is 0 Å². The molecule has 1 unspecified atom stereocenters. The van der Waals surface area contributed by atoms with Crippen LogP contribution in [0.15, 0.2) is 20.0 Å². The zero-order valence-corrected chi connectivity index (χ0v) is 14.3. The van der Waals surface area contributed by atoms with Crippen LogP contribution in [0.5, 0.6) is 0 Å². The molecular weight excluding hydrogens is 370 g/mol. The van der Waals surface area contributed by atoms with Gasteiger partial charge in [0, 0.05) is 26.3 Å². The molecule has 0 amide bonds. The second-order valence-corrected chi connectivity index (χ2v) is 7.85. The number of hydrogen-bond acceptors (Lipinski definition) is 4. The average Bonchev–Trinajstić information content (AvgIpc) is 2.82. The Morgan fingerprint density at radius 3 is 2.85 bits per heavy atom. The maximum atomic E-state index is 12.5. The molecule has 1 aromatic heterocycles. The van der Waals surface area contributed by atoms with Crippen molar-refractivity contribution in [1.29, 1.82) is 0 Å². The van der Waals surface area contributed by atoms with E-state index >= 15 is 0 Å². The van der Waals surface area contributed by atoms with E-state index in [0.717, 1.165) is 19.4 Å². The molecule has 2 heterocycles. The predicted molar refractivity (Wildman–Crippen MR) is 79.3 cm³/mol. The summed E-state index contributed by atoms with van der Waals surface area (Å²) in [5.41, 5.74) is 0. The normalized spacial score (nSPS) is 20.5. The fraction of sp³-hybridized carbons (Fsp3) is 0.667. The van der Waals surface area contributed by atoms with Crippen LogP contribution in [0, 0.1) is 5.92 Å². The van der Waals surface area contributed by atoms with Crippen molar-refractivity contribution in [3.63, 3.8) is 0 Å². The lowest BCUT2D eigenvalue weighted by atomic mass is 10.0. The molecule has 0 radical (unpaired) electrons. The molecule has 0 aromatic carbocycles. The predicted octanol–water partition coefficient (Wildman–Crippen LogP) is 2.83. The van der Waals surface area contributed by atoms with E-state index in [1.54, 1.807) is 7.05 Å². The Kier molecular flexibility index (Phi) is 5.53. The lowest BCUT2D eigenvalue weighted by Gasteiger charge is -2.26. The number of nitrogens with zero attached hydrogens (tertiary/aromatic N) is 1. The molecule has 8 heteroatoms. The Bertz CT molecular complexity index is 554. The number of furan rings is 1. The van der Waals surface area contributed by atoms with Gasteiger partial charge in [-0.1, -0.05) is 0 Å². The minimum Gasteiger partial charge on any atom is -0.452 e. The number of ether oxygens (including phenoxy) is 1. The van der Waals surface area contributed by atoms with Crippen LogP contribution in [-0.2, 0) is 20.6 Å². The third kappa shape index (κ3) is 3.57. The first-order valence-electron chi connectivity index (χ1n) is 6.33. The van der Waals surface area contributed by atoms with E-state index in [2.05, 4.69) is 15.9 Å². The average molecular weight is 387 g/mol. The van der Waals surface area contributed by atoms with E-state index in [0.29, 0.717) is 18.9 Å². The van der Waals surface area contributed by atoms with Crippen LogP contribution in [0.25, 0.3) is 0 Å². The number of sulfonamides is 1. The Morgan fingerprint density at radius 2 is 2.30 bits per heavy atom. The summed E-state index contributed by atoms with van der Waals surface area (Å²) in [7, 11) is -2.01. The first-order valence-corrected chi connectivity index (χ1v) is 9.10. The van der Waals surface area contributed by atoms with Crippen LogP contribution in [0.2, 0.25) is 0 Å². The van der Waals surface area contributed by atoms with E-state index in [1.165, 1.54) is 10.4 Å². The van der Waals surface area contributed by atoms with E-state index in [1.807, 2.05) is 0 Å². The van der Waals surface area contributed by atoms with Gasteiger partial charge in [-0.2, -0.15) is 0 Å². The SMILES string of the molecule is CN(CC1CCCOC1)S(=O)(=O)c1cc(CCl)oc1Br. The van der Waals surface area contributed by atoms with Crippen molar-refractivity contribution in [3.05, 3.63) is 16.5 Å². The highest BCUT2D eigenvalue weighted by molar-refractivity contribution is 9.10. The first kappa shape index (κ1) is 16.3. The summed E-state index contributed by atoms with van der Waals surface area (Å²) in [5, 5.41) is 0. The van der Waals surface area contributed by atoms with E-state index in [4.69, 9.17) is 20.8 Å². The number of alkyl halides is 1. The highest BCUT2D eigenvalue weighted by Crippen LogP contribution is 2.29. The second kappa shape index (κ2) is 6.79. The molecule has 0 spiro atoms. The van der Waals surface area contributed by atoms with Crippen molar-refractivity contribution >= 4 is 37.6 Å². The highest BCUT2D eigenvalue weighted by Gasteiger charge is 2.29. The minimum absolute atomic E-state index is 0.118. The van der Waals surface area contributed by atoms with Gasteiger partial charge in [0.2, 0.25) is 10.0 Å². The summed E-state index contributed by atoms with van der Waals surface area (Å²) in [6, 6.07) is 1.46. The van der Waals surface area contributed by atoms with E-state index in [-0.39, 0.29) is 21.4 Å². The maximum absolute atomic E-state index is 12.5. The minimum atomic E-state index is -3.58. The fourth-order valence-corrected chi connectivity index (χ4v) is 4.56. The van der Waals surface area contributed by atoms with Gasteiger partial charge >= 0.3 is 0 Å². The van der Waals surface area contributed by atoms with Crippen LogP contribution in [-0.4, -0.2) is 39.5 Å². The van der Waals surface area contributed by atoms with Crippen molar-refractivity contribution in [1.82, 2.24) is 4.31 Å². The van der Waals surface area contributed by atoms with Gasteiger partial charge in [0.1, 0.15) is 10.7 Å². The fourth-order valence-electron chi connectivity index (χ4n) is 2.22. The monoisotopic (exact) mass is 385 g/mol. The van der Waals surface area contributed by atoms with Crippen LogP contribution in [0.1, 0.15) is 18.6 Å². The van der Waals surface area contributed by atoms with Crippen molar-refractivity contribution in [2.24, 2.45) is 5.92 Å². The lowest BCUT2D eigenvalue weighted by molar-refractivity contribution is 0.0495. The molecule has 0 aliphatic carbocycles. The summed E-state index contributed by atoms with van der Waals surface area (Å²) in [5.74, 6) is 0.794. The standard InChI is InChI=1S/C12H17BrClNO4S/c1-15(7-9-3-2-4-18-8-9)20(16,17)11-5-10(6-14)19-12(11)13/h5,9H,2-4,6-8H2,1H3. The molecule has 1 fully saturated rings. The zero-order valence-electron chi connectivity index (χ0n) is 11.1. The van der Waals surface area contributed by atoms with E-state index in [9.17, 15) is 8.42 Å². The third-order valence-corrected chi connectivity index (χ3v) is 6.24. The van der Waals surface area contributed by atoms with Crippen molar-refractivity contribution in [2.45, 2.75) is 23.6 Å². The summed E-state index contributed by atoms with van der Waals surface area (Å²) >= 11 is 8.79. The van der Waals surface area contributed by atoms with Crippen molar-refractivity contribution < 1.29 is 17.6 Å². The quantitative estimate of drug-likeness (QED) is 0.730. The molecule has 20 heavy (non-hydrogen) atoms. The van der Waals surface area contributed by atoms with Gasteiger partial charge in [-0.3, -0.25) is 0 Å². The third-order valence-electron chi connectivity index (χ3n) is 3.30. The summed E-state index contributed by atoms with van der Waals surface area (Å²) in [4.78, 5) is 0.118. The number of hydrogen-bond donors (Lipinski definition) is 0. The molecule has 5 nitrogen and oxygen atoms in total. The molecule has 0 saturated carbocycles. The van der Waals surface area contributed by atoms with Gasteiger partial charge < -0.3 is 9.15 Å². The van der Waals surface area contributed by atoms with Gasteiger partial charge in [-0.15, -0.1) is 11.6 Å². The first-order chi connectivity index (χ1) is 9.45. The van der Waals surface area contributed by atoms with E-state index < -0.39 is 10.0 Å². The van der Waals surface area contributed by atoms with Gasteiger partial charge in [0.25, 0.3) is 0 Å². The maximum Gasteiger partial charge on any atom is 0.247 e. The molecule has 1 saturated heterocycles. The molecule has 114 valence electrons. The molecule has 1 aliphatic rings. The number of halogens is 2. The zero-order chi connectivity index (χ0) is 14.8. The molecule has 1 aliphatic heterocycles. The Labute approximate surface area is 132 Å². The van der Waals surface area contributed by atoms with Crippen molar-refractivity contribution in [2.75, 3.05) is 26.8 Å². The second-order valence-electron chi connectivity index (χ2n) is 4.85. The lowest BCUT2D eigenvalue weighted by Crippen LogP contribution is -2.35. The molecule has 0 bridgehead atoms. The summed E-state index contributed by atoms with van der Waals surface area (Å²) in [6.45, 7) is 1.81. The molecule has 2 rings (SSSR count). The van der Waals surface area contributed by atoms with Crippen LogP contribution in [0.3, 0.4) is 0 Å². The van der Waals surface area contributed by atoms with Crippen LogP contribution >= 0.6 is 27.5 Å². The van der Waals surface area contributed by atoms with Gasteiger partial charge in [0.05, 0.1) is 12.5 Å². The molecular formula is C12H17BrClNO4S. The Balaban J connectivity index is 2.13. The van der Waals surface area contributed by atoms with Gasteiger partial charge in [0.15, 0.2) is 4.67 Å². The van der Waals surface area contributed by atoms with Gasteiger partial charge in [-0.25, -0.2) is 12.7 Å². The summed E-state index contributed by atoms with van der Waals surface area (Å²) < 4.78 is 37.2. The Hall–Kier alpha value is -0.0800. The highest BCUT2D eigenvalue weighted by atomic mass is 79.9. The Morgan fingerprint density at radius 1 is 1.55 bits per heavy atom. The molecule has 1 aromatic rings. The summed E-state index contributed by atoms with van der Waals surface area (Å²) in [6.07, 6.45) is 1.96. The van der Waals surface area contributed by atoms with Gasteiger partial charge in [-0.05, 0) is 34.7 Å². The largest absolute Gasteiger partial charge is 0.452 e. The van der Waals surface area contributed by atoms with Crippen LogP contribution in [0.4, 0.5) is 0 Å².